The number of aliphatic hydroxyl groups excluding tert-OH is 1. The van der Waals surface area contributed by atoms with Crippen LogP contribution >= 0.6 is 0 Å². The van der Waals surface area contributed by atoms with Crippen LogP contribution in [0.1, 0.15) is 30.0 Å². The second-order valence-corrected chi connectivity index (χ2v) is 5.07. The van der Waals surface area contributed by atoms with Gasteiger partial charge in [-0.15, -0.1) is 0 Å². The number of hydrogen-bond donors (Lipinski definition) is 1. The van der Waals surface area contributed by atoms with E-state index in [-0.39, 0.29) is 6.10 Å². The maximum Gasteiger partial charge on any atom is 0.0584 e. The zero-order valence-electron chi connectivity index (χ0n) is 11.4. The summed E-state index contributed by atoms with van der Waals surface area (Å²) < 4.78 is 5.08. The molecular weight excluding hydrogens is 212 g/mol. The van der Waals surface area contributed by atoms with Gasteiger partial charge in [0.15, 0.2) is 0 Å². The van der Waals surface area contributed by atoms with Crippen molar-refractivity contribution in [3.05, 3.63) is 34.9 Å². The molecule has 0 bridgehead atoms. The zero-order valence-corrected chi connectivity index (χ0v) is 11.4. The van der Waals surface area contributed by atoms with E-state index in [1.807, 2.05) is 0 Å². The smallest absolute Gasteiger partial charge is 0.0584 e. The average molecular weight is 236 g/mol. The van der Waals surface area contributed by atoms with Crippen LogP contribution in [0.3, 0.4) is 0 Å². The van der Waals surface area contributed by atoms with Crippen molar-refractivity contribution in [2.24, 2.45) is 5.92 Å². The Balaban J connectivity index is 2.50. The molecule has 0 aliphatic rings. The van der Waals surface area contributed by atoms with E-state index in [1.54, 1.807) is 7.11 Å². The first-order valence-electron chi connectivity index (χ1n) is 6.26. The van der Waals surface area contributed by atoms with Gasteiger partial charge in [0.05, 0.1) is 6.10 Å². The zero-order chi connectivity index (χ0) is 12.8. The minimum absolute atomic E-state index is 0.276. The summed E-state index contributed by atoms with van der Waals surface area (Å²) in [6.45, 7) is 7.03. The van der Waals surface area contributed by atoms with Crippen molar-refractivity contribution in [1.29, 1.82) is 0 Å². The molecule has 0 aromatic heterocycles. The number of methoxy groups -OCH3 is 1. The van der Waals surface area contributed by atoms with Gasteiger partial charge in [0, 0.05) is 13.7 Å². The van der Waals surface area contributed by atoms with Crippen LogP contribution in [0, 0.1) is 19.8 Å². The van der Waals surface area contributed by atoms with E-state index in [9.17, 15) is 5.11 Å². The highest BCUT2D eigenvalue weighted by Crippen LogP contribution is 2.15. The van der Waals surface area contributed by atoms with Gasteiger partial charge < -0.3 is 9.84 Å². The molecule has 0 heterocycles. The lowest BCUT2D eigenvalue weighted by Crippen LogP contribution is -2.17. The van der Waals surface area contributed by atoms with E-state index < -0.39 is 0 Å². The van der Waals surface area contributed by atoms with Gasteiger partial charge in [-0.25, -0.2) is 0 Å². The molecule has 0 aliphatic carbocycles. The molecule has 0 saturated heterocycles. The lowest BCUT2D eigenvalue weighted by molar-refractivity contribution is 0.102. The fourth-order valence-corrected chi connectivity index (χ4v) is 2.10. The molecule has 0 fully saturated rings. The predicted octanol–water partition coefficient (Wildman–Crippen LogP) is 2.88. The lowest BCUT2D eigenvalue weighted by atomic mass is 9.97. The Labute approximate surface area is 105 Å². The van der Waals surface area contributed by atoms with Gasteiger partial charge in [0.25, 0.3) is 0 Å². The summed E-state index contributed by atoms with van der Waals surface area (Å²) in [5.41, 5.74) is 3.81. The fourth-order valence-electron chi connectivity index (χ4n) is 2.10. The van der Waals surface area contributed by atoms with E-state index in [0.717, 1.165) is 12.8 Å². The molecule has 17 heavy (non-hydrogen) atoms. The Kier molecular flexibility index (Phi) is 5.66. The molecule has 1 aromatic rings. The number of ether oxygens (including phenoxy) is 1. The third kappa shape index (κ3) is 4.88. The number of rotatable bonds is 6. The molecule has 2 unspecified atom stereocenters. The van der Waals surface area contributed by atoms with Crippen molar-refractivity contribution in [2.75, 3.05) is 13.7 Å². The maximum atomic E-state index is 10.0. The number of aliphatic hydroxyl groups is 1. The Morgan fingerprint density at radius 3 is 2.53 bits per heavy atom. The van der Waals surface area contributed by atoms with Gasteiger partial charge in [-0.3, -0.25) is 0 Å². The summed E-state index contributed by atoms with van der Waals surface area (Å²) in [6.07, 6.45) is 1.25. The molecule has 1 N–H and O–H groups in total. The van der Waals surface area contributed by atoms with Crippen LogP contribution in [-0.2, 0) is 11.2 Å². The van der Waals surface area contributed by atoms with Crippen LogP contribution in [0.2, 0.25) is 0 Å². The van der Waals surface area contributed by atoms with E-state index >= 15 is 0 Å². The summed E-state index contributed by atoms with van der Waals surface area (Å²) in [5.74, 6) is 0.404. The van der Waals surface area contributed by atoms with Gasteiger partial charge in [-0.1, -0.05) is 25.1 Å². The molecule has 96 valence electrons. The summed E-state index contributed by atoms with van der Waals surface area (Å²) in [6, 6.07) is 6.39. The normalized spacial score (nSPS) is 14.6. The molecule has 0 aliphatic heterocycles. The first kappa shape index (κ1) is 14.2. The molecule has 0 amide bonds. The van der Waals surface area contributed by atoms with Crippen molar-refractivity contribution >= 4 is 0 Å². The van der Waals surface area contributed by atoms with Crippen LogP contribution < -0.4 is 0 Å². The number of hydrogen-bond acceptors (Lipinski definition) is 2. The van der Waals surface area contributed by atoms with Gasteiger partial charge in [0.2, 0.25) is 0 Å². The minimum atomic E-state index is -0.276. The van der Waals surface area contributed by atoms with Gasteiger partial charge in [-0.05, 0) is 49.3 Å². The van der Waals surface area contributed by atoms with E-state index in [1.165, 1.54) is 16.7 Å². The SMILES string of the molecule is COCC(C)CC(O)Cc1ccc(C)c(C)c1. The molecular formula is C15H24O2. The van der Waals surface area contributed by atoms with Crippen molar-refractivity contribution < 1.29 is 9.84 Å². The highest BCUT2D eigenvalue weighted by molar-refractivity contribution is 5.30. The largest absolute Gasteiger partial charge is 0.393 e. The van der Waals surface area contributed by atoms with Crippen molar-refractivity contribution in [1.82, 2.24) is 0 Å². The topological polar surface area (TPSA) is 29.5 Å². The Morgan fingerprint density at radius 1 is 1.24 bits per heavy atom. The van der Waals surface area contributed by atoms with Gasteiger partial charge in [-0.2, -0.15) is 0 Å². The molecule has 0 spiro atoms. The van der Waals surface area contributed by atoms with Crippen molar-refractivity contribution in [2.45, 2.75) is 39.7 Å². The standard InChI is InChI=1S/C15H24O2/c1-11(10-17-4)7-15(16)9-14-6-5-12(2)13(3)8-14/h5-6,8,11,15-16H,7,9-10H2,1-4H3. The second kappa shape index (κ2) is 6.77. The third-order valence-corrected chi connectivity index (χ3v) is 3.17. The number of aryl methyl sites for hydroxylation is 2. The minimum Gasteiger partial charge on any atom is -0.393 e. The quantitative estimate of drug-likeness (QED) is 0.823. The second-order valence-electron chi connectivity index (χ2n) is 5.07. The Morgan fingerprint density at radius 2 is 1.94 bits per heavy atom. The molecule has 2 atom stereocenters. The van der Waals surface area contributed by atoms with Crippen molar-refractivity contribution in [3.8, 4) is 0 Å². The molecule has 1 aromatic carbocycles. The highest BCUT2D eigenvalue weighted by atomic mass is 16.5. The fraction of sp³-hybridized carbons (Fsp3) is 0.600. The van der Waals surface area contributed by atoms with E-state index in [4.69, 9.17) is 4.74 Å². The monoisotopic (exact) mass is 236 g/mol. The van der Waals surface area contributed by atoms with Crippen LogP contribution in [0.5, 0.6) is 0 Å². The van der Waals surface area contributed by atoms with Gasteiger partial charge in [0.1, 0.15) is 0 Å². The van der Waals surface area contributed by atoms with Crippen LogP contribution in [0.25, 0.3) is 0 Å². The molecule has 0 radical (unpaired) electrons. The third-order valence-electron chi connectivity index (χ3n) is 3.17. The summed E-state index contributed by atoms with van der Waals surface area (Å²) in [5, 5.41) is 10.0. The Bertz CT molecular complexity index is 347. The van der Waals surface area contributed by atoms with Gasteiger partial charge >= 0.3 is 0 Å². The summed E-state index contributed by atoms with van der Waals surface area (Å²) >= 11 is 0. The first-order chi connectivity index (χ1) is 8.02. The van der Waals surface area contributed by atoms with Crippen molar-refractivity contribution in [3.63, 3.8) is 0 Å². The van der Waals surface area contributed by atoms with Crippen LogP contribution in [0.15, 0.2) is 18.2 Å². The predicted molar refractivity (Wildman–Crippen MR) is 71.3 cm³/mol. The maximum absolute atomic E-state index is 10.0. The van der Waals surface area contributed by atoms with Crippen LogP contribution in [0.4, 0.5) is 0 Å². The average Bonchev–Trinajstić information content (AvgIpc) is 2.23. The first-order valence-corrected chi connectivity index (χ1v) is 6.26. The molecule has 0 saturated carbocycles. The lowest BCUT2D eigenvalue weighted by Gasteiger charge is -2.16. The summed E-state index contributed by atoms with van der Waals surface area (Å²) in [4.78, 5) is 0. The van der Waals surface area contributed by atoms with E-state index in [0.29, 0.717) is 12.5 Å². The molecule has 2 heteroatoms. The number of benzene rings is 1. The Hall–Kier alpha value is -0.860. The van der Waals surface area contributed by atoms with Crippen LogP contribution in [-0.4, -0.2) is 24.9 Å². The highest BCUT2D eigenvalue weighted by Gasteiger charge is 2.11. The van der Waals surface area contributed by atoms with E-state index in [2.05, 4.69) is 39.0 Å². The molecule has 2 nitrogen and oxygen atoms in total. The molecule has 1 rings (SSSR count). The summed E-state index contributed by atoms with van der Waals surface area (Å²) in [7, 11) is 1.70.